The molecule has 2 aromatic heterocycles. The van der Waals surface area contributed by atoms with Gasteiger partial charge in [-0.2, -0.15) is 5.10 Å². The highest BCUT2D eigenvalue weighted by Gasteiger charge is 2.36. The Morgan fingerprint density at radius 3 is 2.86 bits per heavy atom. The van der Waals surface area contributed by atoms with Gasteiger partial charge in [0.15, 0.2) is 0 Å². The average molecular weight is 421 g/mol. The van der Waals surface area contributed by atoms with Crippen LogP contribution in [0.1, 0.15) is 72.2 Å². The van der Waals surface area contributed by atoms with E-state index in [4.69, 9.17) is 4.74 Å². The predicted molar refractivity (Wildman–Crippen MR) is 108 cm³/mol. The maximum absolute atomic E-state index is 13.1. The first-order valence-corrected chi connectivity index (χ1v) is 11.2. The summed E-state index contributed by atoms with van der Waals surface area (Å²) in [5, 5.41) is 8.80. The highest BCUT2D eigenvalue weighted by Crippen LogP contribution is 2.37. The molecule has 1 atom stereocenters. The molecule has 0 bridgehead atoms. The van der Waals surface area contributed by atoms with Crippen molar-refractivity contribution in [3.8, 4) is 0 Å². The van der Waals surface area contributed by atoms with Crippen molar-refractivity contribution in [2.75, 3.05) is 26.8 Å². The quantitative estimate of drug-likeness (QED) is 0.647. The summed E-state index contributed by atoms with van der Waals surface area (Å²) in [6, 6.07) is 0.252. The molecule has 158 valence electrons. The van der Waals surface area contributed by atoms with Crippen molar-refractivity contribution in [1.82, 2.24) is 28.8 Å². The van der Waals surface area contributed by atoms with Gasteiger partial charge in [-0.1, -0.05) is 17.8 Å². The number of piperidine rings is 1. The molecule has 10 heteroatoms. The van der Waals surface area contributed by atoms with Crippen LogP contribution in [0.5, 0.6) is 0 Å². The number of rotatable bonds is 8. The van der Waals surface area contributed by atoms with Crippen LogP contribution in [0.3, 0.4) is 0 Å². The van der Waals surface area contributed by atoms with Crippen molar-refractivity contribution in [2.45, 2.75) is 64.0 Å². The van der Waals surface area contributed by atoms with Crippen LogP contribution in [0.25, 0.3) is 0 Å². The number of methoxy groups -OCH3 is 1. The number of hydrogen-bond acceptors (Lipinski definition) is 7. The van der Waals surface area contributed by atoms with Gasteiger partial charge < -0.3 is 9.64 Å². The molecule has 2 aromatic rings. The smallest absolute Gasteiger partial charge is 0.346 e. The van der Waals surface area contributed by atoms with Crippen LogP contribution in [0.4, 0.5) is 0 Å². The number of carbonyl (C=O) groups is 1. The van der Waals surface area contributed by atoms with Crippen molar-refractivity contribution in [3.05, 3.63) is 26.9 Å². The zero-order valence-electron chi connectivity index (χ0n) is 17.0. The second-order valence-electron chi connectivity index (χ2n) is 7.85. The Labute approximate surface area is 173 Å². The van der Waals surface area contributed by atoms with E-state index in [1.165, 1.54) is 16.2 Å². The van der Waals surface area contributed by atoms with Crippen LogP contribution < -0.4 is 5.69 Å². The zero-order chi connectivity index (χ0) is 20.4. The summed E-state index contributed by atoms with van der Waals surface area (Å²) in [6.45, 7) is 4.27. The highest BCUT2D eigenvalue weighted by atomic mass is 32.1. The van der Waals surface area contributed by atoms with E-state index in [-0.39, 0.29) is 23.6 Å². The van der Waals surface area contributed by atoms with Gasteiger partial charge in [-0.3, -0.25) is 9.36 Å². The molecule has 3 heterocycles. The molecule has 4 rings (SSSR count). The van der Waals surface area contributed by atoms with Gasteiger partial charge in [0.2, 0.25) is 0 Å². The predicted octanol–water partition coefficient (Wildman–Crippen LogP) is 1.85. The molecule has 0 spiro atoms. The number of aromatic nitrogens is 5. The third-order valence-corrected chi connectivity index (χ3v) is 6.38. The van der Waals surface area contributed by atoms with Crippen molar-refractivity contribution in [1.29, 1.82) is 0 Å². The maximum atomic E-state index is 13.1. The summed E-state index contributed by atoms with van der Waals surface area (Å²) in [6.07, 6.45) is 5.56. The summed E-state index contributed by atoms with van der Waals surface area (Å²) >= 11 is 1.18. The summed E-state index contributed by atoms with van der Waals surface area (Å²) in [5.74, 6) is 0.898. The molecule has 1 amide bonds. The molecule has 1 unspecified atom stereocenters. The Morgan fingerprint density at radius 2 is 2.14 bits per heavy atom. The first kappa shape index (κ1) is 20.2. The van der Waals surface area contributed by atoms with Crippen LogP contribution in [-0.4, -0.2) is 61.5 Å². The van der Waals surface area contributed by atoms with Gasteiger partial charge in [0.05, 0.1) is 18.8 Å². The van der Waals surface area contributed by atoms with Crippen molar-refractivity contribution in [2.24, 2.45) is 0 Å². The normalized spacial score (nSPS) is 19.7. The number of amides is 1. The van der Waals surface area contributed by atoms with E-state index < -0.39 is 0 Å². The second kappa shape index (κ2) is 8.74. The highest BCUT2D eigenvalue weighted by molar-refractivity contribution is 7.08. The fourth-order valence-corrected chi connectivity index (χ4v) is 4.68. The Morgan fingerprint density at radius 1 is 1.31 bits per heavy atom. The zero-order valence-corrected chi connectivity index (χ0v) is 17.9. The Kier molecular flexibility index (Phi) is 6.09. The largest absolute Gasteiger partial charge is 0.383 e. The minimum Gasteiger partial charge on any atom is -0.383 e. The van der Waals surface area contributed by atoms with Gasteiger partial charge in [-0.25, -0.2) is 9.48 Å². The molecule has 1 saturated carbocycles. The fraction of sp³-hybridized carbons (Fsp3) is 0.737. The standard InChI is InChI=1S/C19H28N6O3S/c1-3-5-15-16(29-22-20-15)18(26)23-9-4-6-13(12-23)17-21-24(10-11-28-2)19(27)25(17)14-7-8-14/h13-14H,3-12H2,1-2H3. The number of likely N-dealkylation sites (tertiary alicyclic amines) is 1. The van der Waals surface area contributed by atoms with Gasteiger partial charge in [0, 0.05) is 32.2 Å². The molecule has 1 aliphatic carbocycles. The van der Waals surface area contributed by atoms with Gasteiger partial charge >= 0.3 is 5.69 Å². The monoisotopic (exact) mass is 420 g/mol. The Hall–Kier alpha value is -2.07. The van der Waals surface area contributed by atoms with E-state index >= 15 is 0 Å². The SMILES string of the molecule is CCCc1nnsc1C(=O)N1CCCC(c2nn(CCOC)c(=O)n2C2CC2)C1. The van der Waals surface area contributed by atoms with Gasteiger partial charge in [-0.05, 0) is 43.6 Å². The van der Waals surface area contributed by atoms with E-state index in [0.717, 1.165) is 56.6 Å². The van der Waals surface area contributed by atoms with Crippen LogP contribution in [0.2, 0.25) is 0 Å². The first-order valence-electron chi connectivity index (χ1n) is 10.4. The molecule has 2 fully saturated rings. The van der Waals surface area contributed by atoms with Gasteiger partial charge in [0.25, 0.3) is 5.91 Å². The topological polar surface area (TPSA) is 95.1 Å². The number of nitrogens with zero attached hydrogens (tertiary/aromatic N) is 6. The van der Waals surface area contributed by atoms with E-state index in [1.54, 1.807) is 7.11 Å². The number of aryl methyl sites for hydroxylation is 1. The molecule has 29 heavy (non-hydrogen) atoms. The summed E-state index contributed by atoms with van der Waals surface area (Å²) in [4.78, 5) is 28.5. The van der Waals surface area contributed by atoms with Crippen molar-refractivity contribution >= 4 is 17.4 Å². The first-order chi connectivity index (χ1) is 14.1. The minimum atomic E-state index is -0.0557. The molecule has 0 aromatic carbocycles. The number of carbonyl (C=O) groups excluding carboxylic acids is 1. The molecule has 9 nitrogen and oxygen atoms in total. The molecular weight excluding hydrogens is 392 g/mol. The fourth-order valence-electron chi connectivity index (χ4n) is 4.00. The average Bonchev–Trinajstić information content (AvgIpc) is 3.37. The number of hydrogen-bond donors (Lipinski definition) is 0. The third-order valence-electron chi connectivity index (χ3n) is 5.63. The number of ether oxygens (including phenoxy) is 1. The van der Waals surface area contributed by atoms with E-state index in [1.807, 2.05) is 9.47 Å². The lowest BCUT2D eigenvalue weighted by Crippen LogP contribution is -2.40. The van der Waals surface area contributed by atoms with Crippen LogP contribution in [0, 0.1) is 0 Å². The molecule has 0 N–H and O–H groups in total. The van der Waals surface area contributed by atoms with E-state index in [9.17, 15) is 9.59 Å². The third kappa shape index (κ3) is 4.13. The Balaban J connectivity index is 1.56. The summed E-state index contributed by atoms with van der Waals surface area (Å²) in [7, 11) is 1.62. The lowest BCUT2D eigenvalue weighted by molar-refractivity contribution is 0.0706. The van der Waals surface area contributed by atoms with E-state index in [0.29, 0.717) is 24.6 Å². The Bertz CT molecular complexity index is 915. The van der Waals surface area contributed by atoms with Crippen molar-refractivity contribution < 1.29 is 9.53 Å². The second-order valence-corrected chi connectivity index (χ2v) is 8.60. The van der Waals surface area contributed by atoms with Crippen LogP contribution >= 0.6 is 11.5 Å². The van der Waals surface area contributed by atoms with Gasteiger partial charge in [0.1, 0.15) is 10.7 Å². The van der Waals surface area contributed by atoms with Crippen LogP contribution in [0.15, 0.2) is 4.79 Å². The molecule has 2 aliphatic rings. The molecule has 1 aliphatic heterocycles. The van der Waals surface area contributed by atoms with Crippen molar-refractivity contribution in [3.63, 3.8) is 0 Å². The lowest BCUT2D eigenvalue weighted by Gasteiger charge is -2.32. The van der Waals surface area contributed by atoms with Gasteiger partial charge in [-0.15, -0.1) is 5.10 Å². The van der Waals surface area contributed by atoms with Crippen LogP contribution in [-0.2, 0) is 17.7 Å². The molecule has 1 saturated heterocycles. The molecule has 0 radical (unpaired) electrons. The molecular formula is C19H28N6O3S. The maximum Gasteiger partial charge on any atom is 0.346 e. The minimum absolute atomic E-state index is 0.00674. The summed E-state index contributed by atoms with van der Waals surface area (Å²) in [5.41, 5.74) is 0.739. The lowest BCUT2D eigenvalue weighted by atomic mass is 9.96. The van der Waals surface area contributed by atoms with E-state index in [2.05, 4.69) is 21.6 Å². The summed E-state index contributed by atoms with van der Waals surface area (Å²) < 4.78 is 12.5.